The standard InChI is InChI=1S/C14H28N2O/c1-5-13(2,3)10-12-14(17-9-7-15-12)6-8-16(4)11-14/h12,15H,5-11H2,1-4H3. The lowest BCUT2D eigenvalue weighted by Crippen LogP contribution is -2.60. The molecule has 2 fully saturated rings. The quantitative estimate of drug-likeness (QED) is 0.815. The van der Waals surface area contributed by atoms with Crippen LogP contribution in [0.2, 0.25) is 0 Å². The molecule has 17 heavy (non-hydrogen) atoms. The number of morpholine rings is 1. The molecule has 2 unspecified atom stereocenters. The predicted molar refractivity (Wildman–Crippen MR) is 71.3 cm³/mol. The number of hydrogen-bond donors (Lipinski definition) is 1. The zero-order valence-corrected chi connectivity index (χ0v) is 11.9. The summed E-state index contributed by atoms with van der Waals surface area (Å²) in [5.74, 6) is 0. The summed E-state index contributed by atoms with van der Waals surface area (Å²) in [6.07, 6.45) is 3.63. The van der Waals surface area contributed by atoms with Crippen LogP contribution in [0.1, 0.15) is 40.0 Å². The summed E-state index contributed by atoms with van der Waals surface area (Å²) in [4.78, 5) is 2.40. The number of rotatable bonds is 3. The van der Waals surface area contributed by atoms with E-state index < -0.39 is 0 Å². The SMILES string of the molecule is CCC(C)(C)CC1NCCOC12CCN(C)C2. The maximum Gasteiger partial charge on any atom is 0.0973 e. The predicted octanol–water partition coefficient (Wildman–Crippen LogP) is 1.88. The lowest BCUT2D eigenvalue weighted by Gasteiger charge is -2.45. The third kappa shape index (κ3) is 2.83. The second-order valence-corrected chi connectivity index (χ2v) is 6.63. The summed E-state index contributed by atoms with van der Waals surface area (Å²) in [6, 6.07) is 0.524. The normalized spacial score (nSPS) is 35.6. The summed E-state index contributed by atoms with van der Waals surface area (Å²) < 4.78 is 6.20. The van der Waals surface area contributed by atoms with Crippen molar-refractivity contribution in [2.24, 2.45) is 5.41 Å². The minimum Gasteiger partial charge on any atom is -0.371 e. The van der Waals surface area contributed by atoms with Crippen molar-refractivity contribution in [3.63, 3.8) is 0 Å². The first-order chi connectivity index (χ1) is 7.97. The van der Waals surface area contributed by atoms with Crippen LogP contribution in [0.15, 0.2) is 0 Å². The molecule has 2 atom stereocenters. The second-order valence-electron chi connectivity index (χ2n) is 6.63. The monoisotopic (exact) mass is 240 g/mol. The largest absolute Gasteiger partial charge is 0.371 e. The topological polar surface area (TPSA) is 24.5 Å². The van der Waals surface area contributed by atoms with Crippen molar-refractivity contribution in [3.8, 4) is 0 Å². The summed E-state index contributed by atoms with van der Waals surface area (Å²) in [7, 11) is 2.20. The van der Waals surface area contributed by atoms with E-state index in [1.165, 1.54) is 25.8 Å². The molecule has 2 aliphatic heterocycles. The smallest absolute Gasteiger partial charge is 0.0973 e. The van der Waals surface area contributed by atoms with Crippen molar-refractivity contribution in [2.75, 3.05) is 33.3 Å². The summed E-state index contributed by atoms with van der Waals surface area (Å²) >= 11 is 0. The molecule has 0 aromatic rings. The van der Waals surface area contributed by atoms with E-state index in [9.17, 15) is 0 Å². The lowest BCUT2D eigenvalue weighted by molar-refractivity contribution is -0.0961. The number of likely N-dealkylation sites (N-methyl/N-ethyl adjacent to an activating group) is 1. The molecule has 3 heteroatoms. The van der Waals surface area contributed by atoms with Gasteiger partial charge in [-0.2, -0.15) is 0 Å². The van der Waals surface area contributed by atoms with E-state index >= 15 is 0 Å². The highest BCUT2D eigenvalue weighted by atomic mass is 16.5. The van der Waals surface area contributed by atoms with E-state index in [4.69, 9.17) is 4.74 Å². The van der Waals surface area contributed by atoms with Gasteiger partial charge in [0.05, 0.1) is 12.2 Å². The van der Waals surface area contributed by atoms with E-state index in [0.717, 1.165) is 19.7 Å². The molecule has 0 aromatic carbocycles. The maximum absolute atomic E-state index is 6.20. The fraction of sp³-hybridized carbons (Fsp3) is 1.00. The van der Waals surface area contributed by atoms with Gasteiger partial charge in [0.1, 0.15) is 0 Å². The Hall–Kier alpha value is -0.120. The van der Waals surface area contributed by atoms with Gasteiger partial charge in [0.2, 0.25) is 0 Å². The van der Waals surface area contributed by atoms with Gasteiger partial charge in [-0.05, 0) is 25.3 Å². The molecule has 1 N–H and O–H groups in total. The zero-order chi connectivity index (χ0) is 12.5. The first kappa shape index (κ1) is 13.3. The Balaban J connectivity index is 2.07. The molecular weight excluding hydrogens is 212 g/mol. The second kappa shape index (κ2) is 4.87. The average molecular weight is 240 g/mol. The number of hydrogen-bond acceptors (Lipinski definition) is 3. The molecule has 0 amide bonds. The molecule has 2 aliphatic rings. The fourth-order valence-corrected chi connectivity index (χ4v) is 3.13. The van der Waals surface area contributed by atoms with Crippen molar-refractivity contribution >= 4 is 0 Å². The van der Waals surface area contributed by atoms with Crippen molar-refractivity contribution in [1.29, 1.82) is 0 Å². The van der Waals surface area contributed by atoms with Crippen LogP contribution in [0.4, 0.5) is 0 Å². The van der Waals surface area contributed by atoms with Gasteiger partial charge in [-0.25, -0.2) is 0 Å². The third-order valence-electron chi connectivity index (χ3n) is 4.69. The minimum absolute atomic E-state index is 0.0828. The van der Waals surface area contributed by atoms with Gasteiger partial charge in [-0.1, -0.05) is 27.2 Å². The van der Waals surface area contributed by atoms with Gasteiger partial charge in [-0.15, -0.1) is 0 Å². The van der Waals surface area contributed by atoms with Crippen LogP contribution < -0.4 is 5.32 Å². The Morgan fingerprint density at radius 1 is 1.47 bits per heavy atom. The summed E-state index contributed by atoms with van der Waals surface area (Å²) in [5.41, 5.74) is 0.492. The number of nitrogens with zero attached hydrogens (tertiary/aromatic N) is 1. The molecule has 3 nitrogen and oxygen atoms in total. The molecule has 0 aromatic heterocycles. The Morgan fingerprint density at radius 2 is 2.24 bits per heavy atom. The Morgan fingerprint density at radius 3 is 2.82 bits per heavy atom. The Kier molecular flexibility index (Phi) is 3.81. The van der Waals surface area contributed by atoms with Crippen LogP contribution in [0, 0.1) is 5.41 Å². The van der Waals surface area contributed by atoms with E-state index in [1.54, 1.807) is 0 Å². The molecule has 0 radical (unpaired) electrons. The molecule has 2 saturated heterocycles. The summed E-state index contributed by atoms with van der Waals surface area (Å²) in [6.45, 7) is 11.2. The van der Waals surface area contributed by atoms with Crippen LogP contribution in [0.5, 0.6) is 0 Å². The van der Waals surface area contributed by atoms with Crippen molar-refractivity contribution in [3.05, 3.63) is 0 Å². The van der Waals surface area contributed by atoms with Crippen molar-refractivity contribution in [1.82, 2.24) is 10.2 Å². The Labute approximate surface area is 106 Å². The summed E-state index contributed by atoms with van der Waals surface area (Å²) in [5, 5.41) is 3.71. The molecule has 0 aliphatic carbocycles. The van der Waals surface area contributed by atoms with Gasteiger partial charge in [-0.3, -0.25) is 0 Å². The van der Waals surface area contributed by atoms with Crippen LogP contribution in [-0.4, -0.2) is 49.8 Å². The van der Waals surface area contributed by atoms with E-state index in [0.29, 0.717) is 11.5 Å². The molecule has 100 valence electrons. The molecule has 0 bridgehead atoms. The van der Waals surface area contributed by atoms with Crippen LogP contribution in [0.3, 0.4) is 0 Å². The molecule has 2 heterocycles. The number of nitrogens with one attached hydrogen (secondary N) is 1. The first-order valence-corrected chi connectivity index (χ1v) is 7.03. The highest BCUT2D eigenvalue weighted by molar-refractivity contribution is 5.03. The van der Waals surface area contributed by atoms with E-state index in [2.05, 4.69) is 38.0 Å². The van der Waals surface area contributed by atoms with E-state index in [-0.39, 0.29) is 5.60 Å². The zero-order valence-electron chi connectivity index (χ0n) is 11.9. The van der Waals surface area contributed by atoms with Crippen molar-refractivity contribution < 1.29 is 4.74 Å². The third-order valence-corrected chi connectivity index (χ3v) is 4.69. The fourth-order valence-electron chi connectivity index (χ4n) is 3.13. The highest BCUT2D eigenvalue weighted by Gasteiger charge is 2.47. The average Bonchev–Trinajstić information content (AvgIpc) is 2.65. The number of likely N-dealkylation sites (tertiary alicyclic amines) is 1. The van der Waals surface area contributed by atoms with Gasteiger partial charge < -0.3 is 15.0 Å². The van der Waals surface area contributed by atoms with Crippen LogP contribution in [0.25, 0.3) is 0 Å². The van der Waals surface area contributed by atoms with Crippen LogP contribution >= 0.6 is 0 Å². The van der Waals surface area contributed by atoms with Crippen LogP contribution in [-0.2, 0) is 4.74 Å². The number of ether oxygens (including phenoxy) is 1. The van der Waals surface area contributed by atoms with Gasteiger partial charge in [0, 0.05) is 25.7 Å². The molecule has 1 spiro atoms. The maximum atomic E-state index is 6.20. The van der Waals surface area contributed by atoms with Gasteiger partial charge in [0.15, 0.2) is 0 Å². The van der Waals surface area contributed by atoms with Gasteiger partial charge >= 0.3 is 0 Å². The minimum atomic E-state index is 0.0828. The van der Waals surface area contributed by atoms with E-state index in [1.807, 2.05) is 0 Å². The first-order valence-electron chi connectivity index (χ1n) is 7.03. The van der Waals surface area contributed by atoms with Crippen molar-refractivity contribution in [2.45, 2.75) is 51.7 Å². The van der Waals surface area contributed by atoms with Gasteiger partial charge in [0.25, 0.3) is 0 Å². The molecule has 0 saturated carbocycles. The molecular formula is C14H28N2O. The Bertz CT molecular complexity index is 263. The molecule has 2 rings (SSSR count). The highest BCUT2D eigenvalue weighted by Crippen LogP contribution is 2.37. The lowest BCUT2D eigenvalue weighted by atomic mass is 9.77.